The monoisotopic (exact) mass is 1960 g/mol. The summed E-state index contributed by atoms with van der Waals surface area (Å²) in [4.78, 5) is 58.6. The molecule has 750 valence electrons. The predicted molar refractivity (Wildman–Crippen MR) is 548 cm³/mol. The van der Waals surface area contributed by atoms with E-state index >= 15 is 0 Å². The van der Waals surface area contributed by atoms with Crippen LogP contribution in [-0.4, -0.2) is 211 Å². The molecule has 0 amide bonds. The molecule has 1 aliphatic rings. The first-order chi connectivity index (χ1) is 71.0. The van der Waals surface area contributed by atoms with Crippen LogP contribution in [0.4, 0.5) is 51.2 Å². The minimum Gasteiger partial charge on any atom is -0.545 e. The zero-order valence-electron chi connectivity index (χ0n) is 81.6. The first kappa shape index (κ1) is 104. The van der Waals surface area contributed by atoms with Crippen LogP contribution in [0.15, 0.2) is 315 Å². The standard InChI is InChI=1S/C118H119N3O24/c1-118(92-30-48-110(104(78-92)114(122)123)142-72-68-138-64-60-134-56-52-130-2)108-76-90(83-14-10-7-11-15-83)28-46-102(108)103-47-29-91(77-109(103)118)89-26-41-98(42-27-89)121(101-45-51-113(107(81-101)117(128)129)145-75-71-141-67-63-137-59-55-133-5)97-39-24-88(25-40-97)87-22-37-96(38-23-87)120(100-44-50-112(106(80-100)116(126)127)144-74-70-140-66-62-136-58-54-132-4)95-35-20-86(21-36-95)85-18-33-94(34-19-85)119(93-31-16-84(17-32-93)82-12-8-6-9-13-82)99-43-49-111(105(79-99)115(124)125)143-73-69-139-65-61-135-57-53-131-3/h6-51,76-81H,52-75H2,1-5H3,(H,122,123)(H,124,125)(H,126,127)(H,128,129)/p-4. The molecule has 0 spiro atoms. The fraction of sp³-hybridized carbons (Fsp3) is 0.254. The van der Waals surface area contributed by atoms with Crippen LogP contribution in [0, 0.1) is 0 Å². The Balaban J connectivity index is 0.734. The molecule has 145 heavy (non-hydrogen) atoms. The molecule has 0 aromatic heterocycles. The second kappa shape index (κ2) is 52.9. The lowest BCUT2D eigenvalue weighted by Crippen LogP contribution is -2.27. The normalized spacial score (nSPS) is 12.4. The van der Waals surface area contributed by atoms with Gasteiger partial charge in [0.1, 0.15) is 49.4 Å². The molecule has 27 nitrogen and oxygen atoms in total. The maximum absolute atomic E-state index is 13.3. The molecule has 0 fully saturated rings. The lowest BCUT2D eigenvalue weighted by molar-refractivity contribution is -0.256. The SMILES string of the molecule is COCCOCCOCCOc1ccc(N(c2ccc(-c3ccccc3)cc2)c2ccc(-c3ccc(N(c4ccc(-c5ccc(N(c6ccc(-c7ccc8c(c7)C(C)(c7ccc(OCCOCCOCCOC)c(C(=O)[O-])c7)c7cc(-c9ccccc9)ccc7-8)cc6)c6ccc(OCCOCCOCCOC)c(C(=O)[O-])c6)cc5)cc4)c4ccc(OCCOCCOCCOC)c(C(=O)[O-])c4)cc3)cc2)cc1C(=O)[O-]. The Kier molecular flexibility index (Phi) is 38.1. The second-order valence-corrected chi connectivity index (χ2v) is 33.8. The van der Waals surface area contributed by atoms with Crippen molar-refractivity contribution in [2.24, 2.45) is 0 Å². The van der Waals surface area contributed by atoms with Crippen molar-refractivity contribution in [3.8, 4) is 89.8 Å². The van der Waals surface area contributed by atoms with Gasteiger partial charge in [0.15, 0.2) is 0 Å². The molecule has 14 aromatic carbocycles. The van der Waals surface area contributed by atoms with Crippen LogP contribution in [0.1, 0.15) is 65.0 Å². The third-order valence-electron chi connectivity index (χ3n) is 24.6. The molecule has 15 rings (SSSR count). The van der Waals surface area contributed by atoms with Crippen molar-refractivity contribution >= 4 is 75.1 Å². The summed E-state index contributed by atoms with van der Waals surface area (Å²) in [6.45, 7) is 9.20. The number of hydrogen-bond donors (Lipinski definition) is 0. The van der Waals surface area contributed by atoms with E-state index in [4.69, 9.17) is 75.8 Å². The number of carboxylic acids is 4. The second-order valence-electron chi connectivity index (χ2n) is 33.8. The molecule has 0 aliphatic heterocycles. The lowest BCUT2D eigenvalue weighted by atomic mass is 9.73. The number of anilines is 9. The summed E-state index contributed by atoms with van der Waals surface area (Å²) in [7, 11) is 6.39. The molecule has 1 aliphatic carbocycles. The summed E-state index contributed by atoms with van der Waals surface area (Å²) >= 11 is 0. The average Bonchev–Trinajstić information content (AvgIpc) is 1.55. The number of methoxy groups -OCH3 is 4. The maximum atomic E-state index is 13.3. The minimum atomic E-state index is -1.46. The van der Waals surface area contributed by atoms with Crippen LogP contribution >= 0.6 is 0 Å². The average molecular weight is 1960 g/mol. The van der Waals surface area contributed by atoms with Gasteiger partial charge in [0.2, 0.25) is 0 Å². The highest BCUT2D eigenvalue weighted by atomic mass is 16.6. The molecule has 0 saturated carbocycles. The third kappa shape index (κ3) is 27.2. The fourth-order valence-corrected chi connectivity index (χ4v) is 17.3. The van der Waals surface area contributed by atoms with E-state index in [-0.39, 0.29) is 98.1 Å². The van der Waals surface area contributed by atoms with Gasteiger partial charge in [-0.05, 0) is 242 Å². The molecule has 27 heteroatoms. The van der Waals surface area contributed by atoms with E-state index in [9.17, 15) is 39.6 Å². The van der Waals surface area contributed by atoms with Crippen molar-refractivity contribution in [3.05, 3.63) is 354 Å². The largest absolute Gasteiger partial charge is 0.545 e. The highest BCUT2D eigenvalue weighted by Crippen LogP contribution is 2.55. The number of nitrogens with zero attached hydrogens (tertiary/aromatic N) is 3. The highest BCUT2D eigenvalue weighted by Gasteiger charge is 2.42. The number of aromatic carboxylic acids is 4. The van der Waals surface area contributed by atoms with E-state index in [1.54, 1.807) is 83.0 Å². The summed E-state index contributed by atoms with van der Waals surface area (Å²) in [6.07, 6.45) is 0. The molecule has 1 unspecified atom stereocenters. The van der Waals surface area contributed by atoms with Gasteiger partial charge in [-0.1, -0.05) is 164 Å². The van der Waals surface area contributed by atoms with E-state index in [1.807, 2.05) is 215 Å². The van der Waals surface area contributed by atoms with E-state index in [0.29, 0.717) is 151 Å². The topological polar surface area (TPSA) is 318 Å². The Bertz CT molecular complexity index is 6560. The van der Waals surface area contributed by atoms with E-state index < -0.39 is 29.3 Å². The number of rotatable bonds is 59. The molecule has 14 aromatic rings. The van der Waals surface area contributed by atoms with Gasteiger partial charge in [-0.25, -0.2) is 0 Å². The van der Waals surface area contributed by atoms with Crippen molar-refractivity contribution < 1.29 is 115 Å². The molecule has 0 radical (unpaired) electrons. The molecule has 0 N–H and O–H groups in total. The minimum absolute atomic E-state index is 0.0382. The molecular formula is C118H115N3O24-4. The molecule has 1 atom stereocenters. The summed E-state index contributed by atoms with van der Waals surface area (Å²) in [6, 6.07) is 100. The number of carboxylic acid groups (broad SMARTS) is 4. The van der Waals surface area contributed by atoms with Crippen molar-refractivity contribution in [2.75, 3.05) is 202 Å². The summed E-state index contributed by atoms with van der Waals surface area (Å²) in [5, 5.41) is 52.8. The van der Waals surface area contributed by atoms with E-state index in [1.165, 1.54) is 12.1 Å². The Labute approximate surface area is 843 Å². The predicted octanol–water partition coefficient (Wildman–Crippen LogP) is 17.5. The number of hydrogen-bond acceptors (Lipinski definition) is 27. The zero-order chi connectivity index (χ0) is 101. The van der Waals surface area contributed by atoms with Crippen LogP contribution in [0.3, 0.4) is 0 Å². The maximum Gasteiger partial charge on any atom is 0.128 e. The van der Waals surface area contributed by atoms with Gasteiger partial charge in [0, 0.05) is 107 Å². The van der Waals surface area contributed by atoms with Gasteiger partial charge in [0.05, 0.1) is 156 Å². The Morgan fingerprint density at radius 2 is 0.414 bits per heavy atom. The molecule has 0 bridgehead atoms. The van der Waals surface area contributed by atoms with Gasteiger partial charge >= 0.3 is 0 Å². The van der Waals surface area contributed by atoms with Gasteiger partial charge in [-0.2, -0.15) is 0 Å². The van der Waals surface area contributed by atoms with Gasteiger partial charge < -0.3 is 130 Å². The third-order valence-corrected chi connectivity index (χ3v) is 24.6. The van der Waals surface area contributed by atoms with Gasteiger partial charge in [-0.3, -0.25) is 0 Å². The molecular weight excluding hydrogens is 1840 g/mol. The van der Waals surface area contributed by atoms with E-state index in [2.05, 4.69) is 55.5 Å². The summed E-state index contributed by atoms with van der Waals surface area (Å²) in [5.74, 6) is -5.28. The number of benzene rings is 14. The number of ether oxygens (including phenoxy) is 16. The Morgan fingerprint density at radius 3 is 0.662 bits per heavy atom. The Morgan fingerprint density at radius 1 is 0.214 bits per heavy atom. The van der Waals surface area contributed by atoms with Crippen LogP contribution in [0.25, 0.3) is 66.8 Å². The number of fused-ring (bicyclic) bond motifs is 3. The zero-order valence-corrected chi connectivity index (χ0v) is 81.6. The van der Waals surface area contributed by atoms with Gasteiger partial charge in [-0.15, -0.1) is 0 Å². The smallest absolute Gasteiger partial charge is 0.128 e. The first-order valence-corrected chi connectivity index (χ1v) is 48.0. The highest BCUT2D eigenvalue weighted by molar-refractivity contribution is 5.97. The van der Waals surface area contributed by atoms with Crippen LogP contribution in [0.5, 0.6) is 23.0 Å². The van der Waals surface area contributed by atoms with Crippen molar-refractivity contribution in [2.45, 2.75) is 12.3 Å². The number of carbonyl (C=O) groups excluding carboxylic acids is 4. The fourth-order valence-electron chi connectivity index (χ4n) is 17.3. The molecule has 0 saturated heterocycles. The van der Waals surface area contributed by atoms with Crippen LogP contribution in [0.2, 0.25) is 0 Å². The van der Waals surface area contributed by atoms with Crippen LogP contribution in [-0.2, 0) is 62.3 Å². The quantitative estimate of drug-likeness (QED) is 0.0320. The number of carbonyl (C=O) groups is 4. The van der Waals surface area contributed by atoms with Crippen molar-refractivity contribution in [1.29, 1.82) is 0 Å². The molecule has 0 heterocycles. The van der Waals surface area contributed by atoms with Crippen molar-refractivity contribution in [3.63, 3.8) is 0 Å². The van der Waals surface area contributed by atoms with Crippen LogP contribution < -0.4 is 54.1 Å². The lowest BCUT2D eigenvalue weighted by Gasteiger charge is -2.30. The Hall–Kier alpha value is -14.9. The summed E-state index contributed by atoms with van der Waals surface area (Å²) in [5.41, 5.74) is 17.8. The summed E-state index contributed by atoms with van der Waals surface area (Å²) < 4.78 is 89.4. The first-order valence-electron chi connectivity index (χ1n) is 48.0. The van der Waals surface area contributed by atoms with E-state index in [0.717, 1.165) is 89.3 Å². The van der Waals surface area contributed by atoms with Crippen molar-refractivity contribution in [1.82, 2.24) is 0 Å². The van der Waals surface area contributed by atoms with Gasteiger partial charge in [0.25, 0.3) is 0 Å².